The molecule has 6 aliphatic carbocycles. The fourth-order valence-electron chi connectivity index (χ4n) is 10.2. The Kier molecular flexibility index (Phi) is 4.78. The summed E-state index contributed by atoms with van der Waals surface area (Å²) in [4.78, 5) is 25.4. The van der Waals surface area contributed by atoms with Crippen LogP contribution < -0.4 is 4.74 Å². The molecule has 0 amide bonds. The van der Waals surface area contributed by atoms with E-state index in [0.717, 1.165) is 34.2 Å². The highest BCUT2D eigenvalue weighted by Crippen LogP contribution is 2.84. The third-order valence-electron chi connectivity index (χ3n) is 11.9. The molecule has 2 bridgehead atoms. The van der Waals surface area contributed by atoms with Gasteiger partial charge in [0.25, 0.3) is 0 Å². The lowest BCUT2D eigenvalue weighted by Crippen LogP contribution is -2.81. The van der Waals surface area contributed by atoms with E-state index in [9.17, 15) is 30.0 Å². The number of ketones is 1. The second-order valence-electron chi connectivity index (χ2n) is 13.8. The van der Waals surface area contributed by atoms with E-state index < -0.39 is 28.5 Å². The molecule has 7 heteroatoms. The SMILES string of the molecule is O=C(Cc1ccc(-c2ccc(C(=O)O)cc2)cc1)C1=C(O)[C@@H]2Oc3c(O)ccc4c3[C@@]23CC12CC(CC1CC1)[C@H](C4)[C@]23O. The highest BCUT2D eigenvalue weighted by atomic mass is 16.5. The molecule has 6 atom stereocenters. The van der Waals surface area contributed by atoms with E-state index in [1.807, 2.05) is 30.3 Å². The molecule has 0 saturated heterocycles. The number of carboxylic acids is 1. The normalized spacial score (nSPS) is 33.9. The van der Waals surface area contributed by atoms with Crippen molar-refractivity contribution in [3.05, 3.63) is 94.2 Å². The smallest absolute Gasteiger partial charge is 0.335 e. The Balaban J connectivity index is 1.09. The van der Waals surface area contributed by atoms with Gasteiger partial charge in [0.15, 0.2) is 23.4 Å². The number of ether oxygens (including phenoxy) is 1. The Labute approximate surface area is 248 Å². The van der Waals surface area contributed by atoms with Crippen LogP contribution in [0.25, 0.3) is 11.1 Å². The van der Waals surface area contributed by atoms with Crippen LogP contribution in [0.4, 0.5) is 0 Å². The van der Waals surface area contributed by atoms with Gasteiger partial charge in [-0.05, 0) is 83.9 Å². The van der Waals surface area contributed by atoms with Gasteiger partial charge < -0.3 is 25.2 Å². The van der Waals surface area contributed by atoms with Gasteiger partial charge in [0.2, 0.25) is 0 Å². The molecule has 2 unspecified atom stereocenters. The number of carbonyl (C=O) groups excluding carboxylic acids is 1. The number of phenolic OH excluding ortho intramolecular Hbond substituents is 1. The van der Waals surface area contributed by atoms with Crippen LogP contribution in [0.15, 0.2) is 72.0 Å². The minimum atomic E-state index is -1.21. The highest BCUT2D eigenvalue weighted by Gasteiger charge is 2.90. The van der Waals surface area contributed by atoms with Crippen LogP contribution in [0.5, 0.6) is 11.5 Å². The van der Waals surface area contributed by atoms with Crippen LogP contribution in [0.1, 0.15) is 59.2 Å². The Bertz CT molecular complexity index is 1790. The predicted molar refractivity (Wildman–Crippen MR) is 156 cm³/mol. The number of phenols is 1. The van der Waals surface area contributed by atoms with Crippen molar-refractivity contribution >= 4 is 11.8 Å². The van der Waals surface area contributed by atoms with Crippen molar-refractivity contribution in [2.45, 2.75) is 62.1 Å². The molecule has 3 aromatic rings. The van der Waals surface area contributed by atoms with Gasteiger partial charge in [-0.2, -0.15) is 0 Å². The number of carboxylic acid groups (broad SMARTS) is 1. The first-order chi connectivity index (χ1) is 20.7. The Morgan fingerprint density at radius 3 is 2.30 bits per heavy atom. The summed E-state index contributed by atoms with van der Waals surface area (Å²) >= 11 is 0. The van der Waals surface area contributed by atoms with Crippen LogP contribution in [-0.4, -0.2) is 43.9 Å². The summed E-state index contributed by atoms with van der Waals surface area (Å²) in [6, 6.07) is 17.9. The first-order valence-electron chi connectivity index (χ1n) is 15.3. The molecular weight excluding hydrogens is 544 g/mol. The lowest BCUT2D eigenvalue weighted by Gasteiger charge is -2.72. The van der Waals surface area contributed by atoms with E-state index in [1.165, 1.54) is 12.8 Å². The number of hydrogen-bond donors (Lipinski definition) is 4. The number of hydrogen-bond acceptors (Lipinski definition) is 6. The topological polar surface area (TPSA) is 124 Å². The summed E-state index contributed by atoms with van der Waals surface area (Å²) in [5, 5.41) is 44.7. The van der Waals surface area contributed by atoms with Gasteiger partial charge in [0.05, 0.1) is 16.6 Å². The van der Waals surface area contributed by atoms with Crippen molar-refractivity contribution in [1.82, 2.24) is 0 Å². The Morgan fingerprint density at radius 1 is 0.930 bits per heavy atom. The van der Waals surface area contributed by atoms with Crippen LogP contribution >= 0.6 is 0 Å². The Hall–Kier alpha value is -4.10. The average Bonchev–Trinajstić information content (AvgIpc) is 3.68. The van der Waals surface area contributed by atoms with Crippen LogP contribution in [0.3, 0.4) is 0 Å². The number of aliphatic hydroxyl groups is 2. The van der Waals surface area contributed by atoms with Gasteiger partial charge in [0.1, 0.15) is 5.76 Å². The summed E-state index contributed by atoms with van der Waals surface area (Å²) in [6.07, 6.45) is 4.57. The molecule has 218 valence electrons. The summed E-state index contributed by atoms with van der Waals surface area (Å²) in [5.41, 5.74) is 2.16. The lowest BCUT2D eigenvalue weighted by atomic mass is 9.32. The van der Waals surface area contributed by atoms with E-state index in [2.05, 4.69) is 0 Å². The van der Waals surface area contributed by atoms with Crippen molar-refractivity contribution in [3.63, 3.8) is 0 Å². The van der Waals surface area contributed by atoms with Crippen molar-refractivity contribution in [2.24, 2.45) is 23.2 Å². The maximum Gasteiger partial charge on any atom is 0.335 e. The third kappa shape index (κ3) is 2.94. The zero-order valence-corrected chi connectivity index (χ0v) is 23.5. The van der Waals surface area contributed by atoms with Gasteiger partial charge in [-0.25, -0.2) is 4.79 Å². The molecule has 7 nitrogen and oxygen atoms in total. The Morgan fingerprint density at radius 2 is 1.63 bits per heavy atom. The summed E-state index contributed by atoms with van der Waals surface area (Å²) in [5.74, 6) is 0.00105. The number of carbonyl (C=O) groups is 2. The molecule has 3 aromatic carbocycles. The molecule has 10 rings (SSSR count). The number of aromatic carboxylic acids is 1. The number of aromatic hydroxyl groups is 1. The van der Waals surface area contributed by atoms with E-state index in [0.29, 0.717) is 36.5 Å². The highest BCUT2D eigenvalue weighted by molar-refractivity contribution is 6.01. The van der Waals surface area contributed by atoms with E-state index >= 15 is 0 Å². The van der Waals surface area contributed by atoms with Crippen molar-refractivity contribution in [1.29, 1.82) is 0 Å². The summed E-state index contributed by atoms with van der Waals surface area (Å²) in [6.45, 7) is 0. The largest absolute Gasteiger partial charge is 0.508 e. The number of rotatable bonds is 7. The van der Waals surface area contributed by atoms with Crippen LogP contribution in [0.2, 0.25) is 0 Å². The number of Topliss-reactive ketones (excluding diaryl/α,β-unsaturated/α-hetero) is 1. The van der Waals surface area contributed by atoms with E-state index in [-0.39, 0.29) is 41.1 Å². The van der Waals surface area contributed by atoms with Crippen molar-refractivity contribution in [2.75, 3.05) is 0 Å². The molecule has 0 aromatic heterocycles. The lowest BCUT2D eigenvalue weighted by molar-refractivity contribution is -0.256. The molecule has 4 N–H and O–H groups in total. The van der Waals surface area contributed by atoms with Crippen molar-refractivity contribution in [3.8, 4) is 22.6 Å². The minimum Gasteiger partial charge on any atom is -0.508 e. The number of aliphatic hydroxyl groups excluding tert-OH is 1. The number of benzene rings is 3. The van der Waals surface area contributed by atoms with E-state index in [1.54, 1.807) is 30.3 Å². The predicted octanol–water partition coefficient (Wildman–Crippen LogP) is 5.51. The second kappa shape index (κ2) is 8.08. The molecule has 2 spiro atoms. The van der Waals surface area contributed by atoms with Gasteiger partial charge in [-0.15, -0.1) is 0 Å². The van der Waals surface area contributed by atoms with Crippen molar-refractivity contribution < 1.29 is 34.8 Å². The van der Waals surface area contributed by atoms with Crippen LogP contribution in [-0.2, 0) is 23.1 Å². The van der Waals surface area contributed by atoms with Gasteiger partial charge >= 0.3 is 5.97 Å². The monoisotopic (exact) mass is 576 g/mol. The maximum absolute atomic E-state index is 14.2. The third-order valence-corrected chi connectivity index (χ3v) is 11.9. The molecule has 3 fully saturated rings. The molecule has 1 heterocycles. The fraction of sp³-hybridized carbons (Fsp3) is 0.389. The van der Waals surface area contributed by atoms with Gasteiger partial charge in [-0.1, -0.05) is 55.3 Å². The first-order valence-corrected chi connectivity index (χ1v) is 15.3. The molecule has 7 aliphatic rings. The molecule has 3 saturated carbocycles. The molecule has 0 radical (unpaired) electrons. The maximum atomic E-state index is 14.2. The molecular formula is C36H32O7. The van der Waals surface area contributed by atoms with Gasteiger partial charge in [0, 0.05) is 23.0 Å². The van der Waals surface area contributed by atoms with E-state index in [4.69, 9.17) is 4.74 Å². The quantitative estimate of drug-likeness (QED) is 0.293. The standard InChI is InChI=1S/C36H32O7/c37-26-12-11-23-15-25-24(13-18-1-2-18)16-34-17-35(36(25,34)42)28(23)31(26)43-32(35)30(39)29(34)27(38)14-19-3-5-20(6-4-19)21-7-9-22(10-8-21)33(40)41/h3-12,18,24-25,32,37,39,42H,1-2,13-17H2,(H,40,41)/t24?,25-,32-,34?,35-,36-/m0/s1. The molecule has 43 heavy (non-hydrogen) atoms. The second-order valence-corrected chi connectivity index (χ2v) is 13.8. The summed E-state index contributed by atoms with van der Waals surface area (Å²) < 4.78 is 6.31. The average molecular weight is 577 g/mol. The molecule has 1 aliphatic heterocycles. The minimum absolute atomic E-state index is 0.00738. The zero-order valence-electron chi connectivity index (χ0n) is 23.5. The summed E-state index contributed by atoms with van der Waals surface area (Å²) in [7, 11) is 0. The van der Waals surface area contributed by atoms with Gasteiger partial charge in [-0.3, -0.25) is 4.79 Å². The zero-order chi connectivity index (χ0) is 29.5. The van der Waals surface area contributed by atoms with Crippen LogP contribution in [0, 0.1) is 23.2 Å². The first kappa shape index (κ1) is 25.4. The fourth-order valence-corrected chi connectivity index (χ4v) is 10.2.